The molecule has 150 valence electrons. The molecule has 3 N–H and O–H groups in total. The smallest absolute Gasteiger partial charge is 0.344 e. The Morgan fingerprint density at radius 3 is 2.29 bits per heavy atom. The lowest BCUT2D eigenvalue weighted by Gasteiger charge is -2.09. The second kappa shape index (κ2) is 9.34. The van der Waals surface area contributed by atoms with Crippen LogP contribution in [0.15, 0.2) is 47.4 Å². The van der Waals surface area contributed by atoms with Crippen LogP contribution in [0.4, 0.5) is 0 Å². The van der Waals surface area contributed by atoms with Crippen LogP contribution in [0, 0.1) is 13.8 Å². The molecular weight excluding hydrogens is 384 g/mol. The summed E-state index contributed by atoms with van der Waals surface area (Å²) >= 11 is 0. The van der Waals surface area contributed by atoms with Crippen molar-refractivity contribution in [3.05, 3.63) is 59.2 Å². The van der Waals surface area contributed by atoms with Crippen molar-refractivity contribution < 1.29 is 27.5 Å². The quantitative estimate of drug-likeness (QED) is 0.635. The predicted molar refractivity (Wildman–Crippen MR) is 102 cm³/mol. The number of esters is 1. The maximum Gasteiger partial charge on any atom is 0.344 e. The van der Waals surface area contributed by atoms with Crippen LogP contribution in [0.1, 0.15) is 16.7 Å². The van der Waals surface area contributed by atoms with E-state index >= 15 is 0 Å². The third-order valence-corrected chi connectivity index (χ3v) is 4.87. The highest BCUT2D eigenvalue weighted by Crippen LogP contribution is 2.16. The highest BCUT2D eigenvalue weighted by atomic mass is 32.2. The Hall–Kier alpha value is -2.91. The molecule has 0 spiro atoms. The fourth-order valence-corrected chi connectivity index (χ4v) is 2.70. The summed E-state index contributed by atoms with van der Waals surface area (Å²) in [5, 5.41) is 7.58. The van der Waals surface area contributed by atoms with Gasteiger partial charge in [-0.05, 0) is 54.8 Å². The molecule has 2 aromatic rings. The Morgan fingerprint density at radius 2 is 1.68 bits per heavy atom. The fraction of sp³-hybridized carbons (Fsp3) is 0.263. The summed E-state index contributed by atoms with van der Waals surface area (Å²) in [4.78, 5) is 23.4. The topological polar surface area (TPSA) is 125 Å². The van der Waals surface area contributed by atoms with Gasteiger partial charge in [0.2, 0.25) is 10.0 Å². The van der Waals surface area contributed by atoms with Crippen LogP contribution in [0.3, 0.4) is 0 Å². The van der Waals surface area contributed by atoms with Crippen LogP contribution >= 0.6 is 0 Å². The third-order valence-electron chi connectivity index (χ3n) is 3.94. The number of primary sulfonamides is 1. The minimum absolute atomic E-state index is 0.0136. The molecule has 0 aromatic heterocycles. The van der Waals surface area contributed by atoms with Crippen molar-refractivity contribution in [1.82, 2.24) is 5.32 Å². The number of hydrogen-bond donors (Lipinski definition) is 2. The number of nitrogens with two attached hydrogens (primary N) is 1. The standard InChI is InChI=1S/C19H22N2O6S/c1-13-3-6-16(9-14(13)2)26-12-19(23)27-11-18(22)21-10-15-4-7-17(8-5-15)28(20,24)25/h3-9H,10-12H2,1-2H3,(H,21,22)(H2,20,24,25). The number of hydrogen-bond acceptors (Lipinski definition) is 6. The van der Waals surface area contributed by atoms with Crippen LogP contribution in [0.2, 0.25) is 0 Å². The van der Waals surface area contributed by atoms with Crippen LogP contribution in [-0.4, -0.2) is 33.5 Å². The van der Waals surface area contributed by atoms with Gasteiger partial charge in [-0.15, -0.1) is 0 Å². The Kier molecular flexibility index (Phi) is 7.13. The molecule has 2 rings (SSSR count). The van der Waals surface area contributed by atoms with Gasteiger partial charge in [0, 0.05) is 6.54 Å². The van der Waals surface area contributed by atoms with Crippen molar-refractivity contribution >= 4 is 21.9 Å². The molecule has 0 aliphatic rings. The Morgan fingerprint density at radius 1 is 1.00 bits per heavy atom. The van der Waals surface area contributed by atoms with E-state index in [2.05, 4.69) is 5.32 Å². The van der Waals surface area contributed by atoms with Gasteiger partial charge in [-0.1, -0.05) is 18.2 Å². The van der Waals surface area contributed by atoms with Gasteiger partial charge in [-0.3, -0.25) is 4.79 Å². The van der Waals surface area contributed by atoms with E-state index < -0.39 is 28.5 Å². The average Bonchev–Trinajstić information content (AvgIpc) is 2.65. The maximum absolute atomic E-state index is 11.8. The first kappa shape index (κ1) is 21.4. The largest absolute Gasteiger partial charge is 0.482 e. The van der Waals surface area contributed by atoms with Gasteiger partial charge in [0.1, 0.15) is 5.75 Å². The lowest BCUT2D eigenvalue weighted by molar-refractivity contribution is -0.150. The van der Waals surface area contributed by atoms with Gasteiger partial charge in [0.05, 0.1) is 4.90 Å². The predicted octanol–water partition coefficient (Wildman–Crippen LogP) is 1.19. The van der Waals surface area contributed by atoms with Gasteiger partial charge in [0.25, 0.3) is 5.91 Å². The number of carbonyl (C=O) groups excluding carboxylic acids is 2. The van der Waals surface area contributed by atoms with E-state index in [4.69, 9.17) is 14.6 Å². The number of ether oxygens (including phenoxy) is 2. The zero-order valence-electron chi connectivity index (χ0n) is 15.6. The third kappa shape index (κ3) is 6.67. The van der Waals surface area contributed by atoms with E-state index in [1.807, 2.05) is 26.0 Å². The van der Waals surface area contributed by atoms with Gasteiger partial charge in [0.15, 0.2) is 13.2 Å². The van der Waals surface area contributed by atoms with Crippen molar-refractivity contribution in [3.8, 4) is 5.75 Å². The van der Waals surface area contributed by atoms with E-state index in [0.717, 1.165) is 11.1 Å². The number of benzene rings is 2. The van der Waals surface area contributed by atoms with E-state index in [1.54, 1.807) is 6.07 Å². The van der Waals surface area contributed by atoms with Crippen LogP contribution in [-0.2, 0) is 30.9 Å². The minimum Gasteiger partial charge on any atom is -0.482 e. The Bertz CT molecular complexity index is 955. The molecule has 0 saturated carbocycles. The Balaban J connectivity index is 1.71. The molecule has 0 radical (unpaired) electrons. The molecule has 0 aliphatic carbocycles. The van der Waals surface area contributed by atoms with E-state index in [1.165, 1.54) is 24.3 Å². The van der Waals surface area contributed by atoms with Gasteiger partial charge in [-0.2, -0.15) is 0 Å². The highest BCUT2D eigenvalue weighted by molar-refractivity contribution is 7.89. The summed E-state index contributed by atoms with van der Waals surface area (Å²) in [6.07, 6.45) is 0. The van der Waals surface area contributed by atoms with Crippen molar-refractivity contribution in [3.63, 3.8) is 0 Å². The normalized spacial score (nSPS) is 11.0. The summed E-state index contributed by atoms with van der Waals surface area (Å²) in [6, 6.07) is 11.2. The summed E-state index contributed by atoms with van der Waals surface area (Å²) < 4.78 is 32.6. The summed E-state index contributed by atoms with van der Waals surface area (Å²) in [7, 11) is -3.76. The molecule has 1 amide bonds. The van der Waals surface area contributed by atoms with E-state index in [0.29, 0.717) is 11.3 Å². The minimum atomic E-state index is -3.76. The van der Waals surface area contributed by atoms with Crippen LogP contribution in [0.25, 0.3) is 0 Å². The number of carbonyl (C=O) groups is 2. The van der Waals surface area contributed by atoms with Gasteiger partial charge < -0.3 is 14.8 Å². The summed E-state index contributed by atoms with van der Waals surface area (Å²) in [5.41, 5.74) is 2.83. The molecule has 9 heteroatoms. The van der Waals surface area contributed by atoms with E-state index in [9.17, 15) is 18.0 Å². The molecule has 2 aromatic carbocycles. The molecule has 0 atom stereocenters. The highest BCUT2D eigenvalue weighted by Gasteiger charge is 2.10. The lowest BCUT2D eigenvalue weighted by atomic mass is 10.1. The van der Waals surface area contributed by atoms with Crippen LogP contribution in [0.5, 0.6) is 5.75 Å². The zero-order valence-corrected chi connectivity index (χ0v) is 16.4. The number of amides is 1. The average molecular weight is 406 g/mol. The van der Waals surface area contributed by atoms with Crippen molar-refractivity contribution in [1.29, 1.82) is 0 Å². The molecule has 0 heterocycles. The van der Waals surface area contributed by atoms with Crippen molar-refractivity contribution in [2.24, 2.45) is 5.14 Å². The lowest BCUT2D eigenvalue weighted by Crippen LogP contribution is -2.29. The van der Waals surface area contributed by atoms with Crippen molar-refractivity contribution in [2.45, 2.75) is 25.3 Å². The Labute approximate surface area is 163 Å². The zero-order chi connectivity index (χ0) is 20.7. The summed E-state index contributed by atoms with van der Waals surface area (Å²) in [6.45, 7) is 3.32. The first-order chi connectivity index (χ1) is 13.1. The molecule has 0 aliphatic heterocycles. The number of nitrogens with one attached hydrogen (secondary N) is 1. The number of aryl methyl sites for hydroxylation is 2. The molecule has 0 bridgehead atoms. The molecular formula is C19H22N2O6S. The SMILES string of the molecule is Cc1ccc(OCC(=O)OCC(=O)NCc2ccc(S(N)(=O)=O)cc2)cc1C. The second-order valence-corrected chi connectivity index (χ2v) is 7.72. The monoisotopic (exact) mass is 406 g/mol. The molecule has 0 unspecified atom stereocenters. The first-order valence-corrected chi connectivity index (χ1v) is 9.94. The second-order valence-electron chi connectivity index (χ2n) is 6.16. The first-order valence-electron chi connectivity index (χ1n) is 8.39. The van der Waals surface area contributed by atoms with E-state index in [-0.39, 0.29) is 18.0 Å². The fourth-order valence-electron chi connectivity index (χ4n) is 2.18. The van der Waals surface area contributed by atoms with Crippen LogP contribution < -0.4 is 15.2 Å². The number of rotatable bonds is 8. The maximum atomic E-state index is 11.8. The molecule has 0 fully saturated rings. The molecule has 0 saturated heterocycles. The van der Waals surface area contributed by atoms with Gasteiger partial charge in [-0.25, -0.2) is 18.4 Å². The van der Waals surface area contributed by atoms with Gasteiger partial charge >= 0.3 is 5.97 Å². The molecule has 8 nitrogen and oxygen atoms in total. The van der Waals surface area contributed by atoms with Crippen molar-refractivity contribution in [2.75, 3.05) is 13.2 Å². The molecule has 28 heavy (non-hydrogen) atoms. The summed E-state index contributed by atoms with van der Waals surface area (Å²) in [5.74, 6) is -0.603. The number of sulfonamides is 1.